The van der Waals surface area contributed by atoms with Crippen LogP contribution in [0.15, 0.2) is 54.6 Å². The number of Topliss-reactive ketones (excluding diaryl/α,β-unsaturated/α-hetero) is 1. The van der Waals surface area contributed by atoms with E-state index in [-0.39, 0.29) is 36.0 Å². The van der Waals surface area contributed by atoms with E-state index in [9.17, 15) is 18.4 Å². The highest BCUT2D eigenvalue weighted by molar-refractivity contribution is 5.94. The number of benzene rings is 2. The number of halogens is 2. The molecule has 0 aromatic heterocycles. The monoisotopic (exact) mass is 496 g/mol. The summed E-state index contributed by atoms with van der Waals surface area (Å²) in [4.78, 5) is 27.5. The van der Waals surface area contributed by atoms with Gasteiger partial charge in [-0.1, -0.05) is 42.5 Å². The lowest BCUT2D eigenvalue weighted by Crippen LogP contribution is -2.46. The predicted octanol–water partition coefficient (Wildman–Crippen LogP) is 5.26. The summed E-state index contributed by atoms with van der Waals surface area (Å²) >= 11 is 0. The number of anilines is 1. The van der Waals surface area contributed by atoms with Crippen molar-refractivity contribution in [2.75, 3.05) is 25.0 Å². The van der Waals surface area contributed by atoms with Gasteiger partial charge < -0.3 is 10.1 Å². The van der Waals surface area contributed by atoms with E-state index in [1.165, 1.54) is 23.8 Å². The number of likely N-dealkylation sites (tertiary alicyclic amines) is 1. The number of carbonyl (C=O) groups excluding carboxylic acids is 2. The molecular formula is C29H34F2N2O3. The quantitative estimate of drug-likeness (QED) is 0.461. The van der Waals surface area contributed by atoms with Crippen LogP contribution in [0.3, 0.4) is 0 Å². The number of nitrogens with zero attached hydrogens (tertiary/aromatic N) is 1. The molecule has 2 aromatic carbocycles. The van der Waals surface area contributed by atoms with E-state index in [4.69, 9.17) is 4.74 Å². The second-order valence-corrected chi connectivity index (χ2v) is 10.8. The van der Waals surface area contributed by atoms with Crippen molar-refractivity contribution >= 4 is 17.4 Å². The maximum atomic E-state index is 13.5. The molecular weight excluding hydrogens is 462 g/mol. The molecule has 2 saturated carbocycles. The topological polar surface area (TPSA) is 58.6 Å². The van der Waals surface area contributed by atoms with Gasteiger partial charge in [0.25, 0.3) is 5.92 Å². The Bertz CT molecular complexity index is 1070. The van der Waals surface area contributed by atoms with Crippen molar-refractivity contribution in [2.24, 2.45) is 23.7 Å². The smallest absolute Gasteiger partial charge is 0.270 e. The zero-order valence-electron chi connectivity index (χ0n) is 20.7. The Hall–Kier alpha value is -2.64. The third kappa shape index (κ3) is 5.84. The first-order valence-electron chi connectivity index (χ1n) is 12.9. The molecule has 3 fully saturated rings. The Morgan fingerprint density at radius 3 is 2.44 bits per heavy atom. The van der Waals surface area contributed by atoms with E-state index in [2.05, 4.69) is 22.3 Å². The minimum absolute atomic E-state index is 0.0819. The highest BCUT2D eigenvalue weighted by Gasteiger charge is 2.59. The Labute approximate surface area is 211 Å². The molecule has 3 aliphatic rings. The van der Waals surface area contributed by atoms with Gasteiger partial charge in [-0.2, -0.15) is 0 Å². The van der Waals surface area contributed by atoms with E-state index in [0.717, 1.165) is 39.5 Å². The first-order valence-corrected chi connectivity index (χ1v) is 12.9. The van der Waals surface area contributed by atoms with E-state index < -0.39 is 5.92 Å². The molecule has 2 aromatic rings. The highest BCUT2D eigenvalue weighted by atomic mass is 19.3. The molecule has 5 nitrogen and oxygen atoms in total. The molecule has 1 saturated heterocycles. The number of nitrogens with one attached hydrogen (secondary N) is 1. The van der Waals surface area contributed by atoms with Gasteiger partial charge in [0.05, 0.1) is 6.61 Å². The molecule has 3 atom stereocenters. The van der Waals surface area contributed by atoms with Crippen molar-refractivity contribution in [1.29, 1.82) is 0 Å². The molecule has 2 aliphatic carbocycles. The van der Waals surface area contributed by atoms with Crippen molar-refractivity contribution in [2.45, 2.75) is 51.2 Å². The molecule has 36 heavy (non-hydrogen) atoms. The van der Waals surface area contributed by atoms with Crippen LogP contribution < -0.4 is 5.32 Å². The van der Waals surface area contributed by atoms with E-state index in [1.807, 2.05) is 18.2 Å². The van der Waals surface area contributed by atoms with Crippen LogP contribution >= 0.6 is 0 Å². The zero-order chi connectivity index (χ0) is 25.3. The van der Waals surface area contributed by atoms with Crippen LogP contribution in [0.1, 0.15) is 43.7 Å². The minimum Gasteiger partial charge on any atom is -0.376 e. The van der Waals surface area contributed by atoms with Gasteiger partial charge in [0, 0.05) is 62.7 Å². The third-order valence-corrected chi connectivity index (χ3v) is 8.04. The Morgan fingerprint density at radius 2 is 1.75 bits per heavy atom. The summed E-state index contributed by atoms with van der Waals surface area (Å²) in [5.74, 6) is -1.56. The van der Waals surface area contributed by atoms with Gasteiger partial charge in [0.15, 0.2) is 0 Å². The molecule has 1 N–H and O–H groups in total. The summed E-state index contributed by atoms with van der Waals surface area (Å²) < 4.78 is 32.9. The molecule has 0 spiro atoms. The molecule has 0 radical (unpaired) electrons. The summed E-state index contributed by atoms with van der Waals surface area (Å²) in [5, 5.41) is 2.64. The minimum atomic E-state index is -2.97. The van der Waals surface area contributed by atoms with Crippen molar-refractivity contribution < 1.29 is 23.1 Å². The Balaban J connectivity index is 0.971. The van der Waals surface area contributed by atoms with Crippen LogP contribution in [0.5, 0.6) is 0 Å². The molecule has 1 heterocycles. The van der Waals surface area contributed by atoms with Crippen molar-refractivity contribution in [1.82, 2.24) is 4.90 Å². The van der Waals surface area contributed by atoms with E-state index >= 15 is 0 Å². The lowest BCUT2D eigenvalue weighted by atomic mass is 9.79. The van der Waals surface area contributed by atoms with Crippen molar-refractivity contribution in [3.8, 4) is 0 Å². The number of ether oxygens (including phenoxy) is 1. The zero-order valence-corrected chi connectivity index (χ0v) is 20.7. The number of carbonyl (C=O) groups is 2. The average molecular weight is 497 g/mol. The first-order chi connectivity index (χ1) is 17.3. The lowest BCUT2D eigenvalue weighted by Gasteiger charge is -2.42. The molecule has 7 heteroatoms. The number of rotatable bonds is 11. The predicted molar refractivity (Wildman–Crippen MR) is 134 cm³/mol. The summed E-state index contributed by atoms with van der Waals surface area (Å²) in [7, 11) is 0. The van der Waals surface area contributed by atoms with Crippen LogP contribution in [0.25, 0.3) is 0 Å². The second kappa shape index (κ2) is 10.4. The van der Waals surface area contributed by atoms with Crippen LogP contribution in [0.2, 0.25) is 0 Å². The number of ketones is 1. The maximum absolute atomic E-state index is 13.5. The molecule has 192 valence electrons. The van der Waals surface area contributed by atoms with E-state index in [0.29, 0.717) is 36.1 Å². The van der Waals surface area contributed by atoms with Gasteiger partial charge in [-0.3, -0.25) is 14.5 Å². The lowest BCUT2D eigenvalue weighted by molar-refractivity contribution is -0.124. The summed E-state index contributed by atoms with van der Waals surface area (Å²) in [5.41, 5.74) is 1.38. The number of amides is 1. The van der Waals surface area contributed by atoms with Crippen LogP contribution in [0.4, 0.5) is 14.5 Å². The highest BCUT2D eigenvalue weighted by Crippen LogP contribution is 2.54. The third-order valence-electron chi connectivity index (χ3n) is 8.04. The Morgan fingerprint density at radius 1 is 1.03 bits per heavy atom. The number of piperidine rings is 1. The number of hydrogen-bond donors (Lipinski definition) is 1. The fourth-order valence-corrected chi connectivity index (χ4v) is 5.88. The van der Waals surface area contributed by atoms with Crippen molar-refractivity contribution in [3.05, 3.63) is 65.7 Å². The normalized spacial score (nSPS) is 27.2. The number of fused-ring (bicyclic) bond motifs is 1. The SMILES string of the molecule is CC(F)(F)c1cccc(NC(=O)CCC(=O)C2[C@H]3CN(C4CC(COCc5ccccc5)C4)C[C@@H]23)c1. The maximum Gasteiger partial charge on any atom is 0.270 e. The standard InChI is InChI=1S/C29H34F2N2O3/c1-29(30,31)21-8-5-9-22(14-21)32-27(35)11-10-26(34)28-24-15-33(16-25(24)28)23-12-20(13-23)18-36-17-19-6-3-2-4-7-19/h2-9,14,20,23-25,28H,10-13,15-18H2,1H3,(H,32,35)/t20?,23?,24-,25+,28?. The van der Waals surface area contributed by atoms with Gasteiger partial charge >= 0.3 is 0 Å². The fourth-order valence-electron chi connectivity index (χ4n) is 5.88. The molecule has 1 unspecified atom stereocenters. The molecule has 1 aliphatic heterocycles. The molecule has 1 amide bonds. The van der Waals surface area contributed by atoms with E-state index in [1.54, 1.807) is 6.07 Å². The van der Waals surface area contributed by atoms with Gasteiger partial charge in [0.2, 0.25) is 5.91 Å². The number of hydrogen-bond acceptors (Lipinski definition) is 4. The van der Waals surface area contributed by atoms with Gasteiger partial charge in [0.1, 0.15) is 5.78 Å². The summed E-state index contributed by atoms with van der Waals surface area (Å²) in [6.07, 6.45) is 2.62. The summed E-state index contributed by atoms with van der Waals surface area (Å²) in [6.45, 7) is 4.26. The number of alkyl halides is 2. The summed E-state index contributed by atoms with van der Waals surface area (Å²) in [6, 6.07) is 16.5. The second-order valence-electron chi connectivity index (χ2n) is 10.8. The molecule has 0 bridgehead atoms. The van der Waals surface area contributed by atoms with Gasteiger partial charge in [-0.05, 0) is 48.3 Å². The average Bonchev–Trinajstić information content (AvgIpc) is 3.33. The van der Waals surface area contributed by atoms with Crippen LogP contribution in [0, 0.1) is 23.7 Å². The van der Waals surface area contributed by atoms with Gasteiger partial charge in [-0.25, -0.2) is 8.78 Å². The molecule has 5 rings (SSSR count). The largest absolute Gasteiger partial charge is 0.376 e. The van der Waals surface area contributed by atoms with Crippen LogP contribution in [-0.4, -0.2) is 42.3 Å². The van der Waals surface area contributed by atoms with Crippen LogP contribution in [-0.2, 0) is 26.9 Å². The first kappa shape index (κ1) is 25.0. The Kier molecular flexibility index (Phi) is 7.22. The fraction of sp³-hybridized carbons (Fsp3) is 0.517. The van der Waals surface area contributed by atoms with Gasteiger partial charge in [-0.15, -0.1) is 0 Å². The van der Waals surface area contributed by atoms with Crippen molar-refractivity contribution in [3.63, 3.8) is 0 Å².